The predicted octanol–water partition coefficient (Wildman–Crippen LogP) is 3.30. The third kappa shape index (κ3) is 5.76. The molecule has 1 aromatic rings. The summed E-state index contributed by atoms with van der Waals surface area (Å²) in [5, 5.41) is 2.91. The van der Waals surface area contributed by atoms with E-state index in [1.807, 2.05) is 28.9 Å². The molecule has 25 heavy (non-hydrogen) atoms. The summed E-state index contributed by atoms with van der Waals surface area (Å²) in [7, 11) is 0. The second-order valence-corrected chi connectivity index (χ2v) is 6.67. The lowest BCUT2D eigenvalue weighted by Gasteiger charge is -2.22. The number of nitrogens with zero attached hydrogens (tertiary/aromatic N) is 2. The fourth-order valence-corrected chi connectivity index (χ4v) is 3.04. The van der Waals surface area contributed by atoms with E-state index in [2.05, 4.69) is 24.4 Å². The molecule has 0 aliphatic carbocycles. The molecule has 0 spiro atoms. The number of carbonyl (C=O) groups is 2. The van der Waals surface area contributed by atoms with E-state index >= 15 is 0 Å². The number of hydrogen-bond acceptors (Lipinski definition) is 2. The van der Waals surface area contributed by atoms with E-state index < -0.39 is 0 Å². The zero-order valence-electron chi connectivity index (χ0n) is 15.6. The minimum atomic E-state index is -0.0172. The Morgan fingerprint density at radius 2 is 1.64 bits per heavy atom. The van der Waals surface area contributed by atoms with Crippen LogP contribution in [0.3, 0.4) is 0 Å². The van der Waals surface area contributed by atoms with Gasteiger partial charge in [-0.05, 0) is 43.4 Å². The average Bonchev–Trinajstić information content (AvgIpc) is 2.90. The van der Waals surface area contributed by atoms with Crippen molar-refractivity contribution in [2.45, 2.75) is 46.0 Å². The van der Waals surface area contributed by atoms with Crippen LogP contribution in [0.4, 0.5) is 4.79 Å². The SMILES string of the molecule is CCCCc1ccc(C(=O)N2CCCN(C(=O)NCCC)CC2)cc1. The van der Waals surface area contributed by atoms with Gasteiger partial charge in [-0.2, -0.15) is 0 Å². The van der Waals surface area contributed by atoms with Crippen molar-refractivity contribution in [3.8, 4) is 0 Å². The van der Waals surface area contributed by atoms with Gasteiger partial charge in [0.1, 0.15) is 0 Å². The van der Waals surface area contributed by atoms with E-state index in [9.17, 15) is 9.59 Å². The van der Waals surface area contributed by atoms with Crippen LogP contribution in [-0.2, 0) is 6.42 Å². The standard InChI is InChI=1S/C20H31N3O2/c1-3-5-7-17-8-10-18(11-9-17)19(24)22-13-6-14-23(16-15-22)20(25)21-12-4-2/h8-11H,3-7,12-16H2,1-2H3,(H,21,25). The van der Waals surface area contributed by atoms with Crippen molar-refractivity contribution in [3.63, 3.8) is 0 Å². The van der Waals surface area contributed by atoms with Crippen LogP contribution in [0.1, 0.15) is 55.5 Å². The highest BCUT2D eigenvalue weighted by Gasteiger charge is 2.22. The first-order valence-electron chi connectivity index (χ1n) is 9.56. The van der Waals surface area contributed by atoms with E-state index in [4.69, 9.17) is 0 Å². The van der Waals surface area contributed by atoms with Crippen LogP contribution in [-0.4, -0.2) is 54.5 Å². The summed E-state index contributed by atoms with van der Waals surface area (Å²) < 4.78 is 0. The number of urea groups is 1. The molecule has 5 nitrogen and oxygen atoms in total. The molecular weight excluding hydrogens is 314 g/mol. The number of rotatable bonds is 6. The van der Waals surface area contributed by atoms with Gasteiger partial charge in [0.25, 0.3) is 5.91 Å². The molecule has 0 bridgehead atoms. The molecule has 5 heteroatoms. The Morgan fingerprint density at radius 1 is 0.960 bits per heavy atom. The lowest BCUT2D eigenvalue weighted by molar-refractivity contribution is 0.0762. The Balaban J connectivity index is 1.90. The second kappa shape index (κ2) is 10.1. The van der Waals surface area contributed by atoms with Crippen molar-refractivity contribution >= 4 is 11.9 Å². The van der Waals surface area contributed by atoms with Gasteiger partial charge >= 0.3 is 6.03 Å². The van der Waals surface area contributed by atoms with Gasteiger partial charge in [-0.1, -0.05) is 32.4 Å². The third-order valence-corrected chi connectivity index (χ3v) is 4.62. The molecule has 0 saturated carbocycles. The van der Waals surface area contributed by atoms with Crippen LogP contribution in [0, 0.1) is 0 Å². The molecule has 2 rings (SSSR count). The number of hydrogen-bond donors (Lipinski definition) is 1. The van der Waals surface area contributed by atoms with Gasteiger partial charge in [-0.25, -0.2) is 4.79 Å². The number of unbranched alkanes of at least 4 members (excludes halogenated alkanes) is 1. The zero-order chi connectivity index (χ0) is 18.1. The number of amides is 3. The van der Waals surface area contributed by atoms with Crippen molar-refractivity contribution in [1.29, 1.82) is 0 Å². The molecule has 0 aromatic heterocycles. The second-order valence-electron chi connectivity index (χ2n) is 6.67. The van der Waals surface area contributed by atoms with Gasteiger partial charge in [0.15, 0.2) is 0 Å². The van der Waals surface area contributed by atoms with Crippen molar-refractivity contribution in [2.24, 2.45) is 0 Å². The van der Waals surface area contributed by atoms with Crippen LogP contribution in [0.2, 0.25) is 0 Å². The topological polar surface area (TPSA) is 52.7 Å². The predicted molar refractivity (Wildman–Crippen MR) is 101 cm³/mol. The molecule has 1 fully saturated rings. The Kier molecular flexibility index (Phi) is 7.76. The van der Waals surface area contributed by atoms with Gasteiger partial charge in [-0.15, -0.1) is 0 Å². The summed E-state index contributed by atoms with van der Waals surface area (Å²) in [5.74, 6) is 0.0675. The maximum Gasteiger partial charge on any atom is 0.317 e. The molecule has 0 unspecified atom stereocenters. The van der Waals surface area contributed by atoms with Crippen molar-refractivity contribution in [2.75, 3.05) is 32.7 Å². The first-order chi connectivity index (χ1) is 12.2. The molecule has 1 saturated heterocycles. The molecule has 0 atom stereocenters. The van der Waals surface area contributed by atoms with Crippen molar-refractivity contribution in [1.82, 2.24) is 15.1 Å². The summed E-state index contributed by atoms with van der Waals surface area (Å²) in [5.41, 5.74) is 2.03. The van der Waals surface area contributed by atoms with Crippen LogP contribution in [0.5, 0.6) is 0 Å². The molecule has 138 valence electrons. The summed E-state index contributed by atoms with van der Waals surface area (Å²) >= 11 is 0. The molecule has 3 amide bonds. The maximum atomic E-state index is 12.7. The zero-order valence-corrected chi connectivity index (χ0v) is 15.6. The van der Waals surface area contributed by atoms with E-state index in [-0.39, 0.29) is 11.9 Å². The van der Waals surface area contributed by atoms with Crippen LogP contribution >= 0.6 is 0 Å². The van der Waals surface area contributed by atoms with Gasteiger partial charge in [0.05, 0.1) is 0 Å². The Hall–Kier alpha value is -2.04. The molecule has 1 aliphatic rings. The molecule has 1 aliphatic heterocycles. The van der Waals surface area contributed by atoms with Gasteiger partial charge in [-0.3, -0.25) is 4.79 Å². The highest BCUT2D eigenvalue weighted by atomic mass is 16.2. The van der Waals surface area contributed by atoms with Gasteiger partial charge in [0.2, 0.25) is 0 Å². The van der Waals surface area contributed by atoms with E-state index in [0.717, 1.165) is 24.8 Å². The Labute approximate surface area is 151 Å². The quantitative estimate of drug-likeness (QED) is 0.860. The summed E-state index contributed by atoms with van der Waals surface area (Å²) in [4.78, 5) is 28.5. The van der Waals surface area contributed by atoms with E-state index in [0.29, 0.717) is 32.7 Å². The minimum Gasteiger partial charge on any atom is -0.338 e. The summed E-state index contributed by atoms with van der Waals surface area (Å²) in [6.07, 6.45) is 5.17. The minimum absolute atomic E-state index is 0.0172. The van der Waals surface area contributed by atoms with E-state index in [1.165, 1.54) is 18.4 Å². The van der Waals surface area contributed by atoms with E-state index in [1.54, 1.807) is 0 Å². The third-order valence-electron chi connectivity index (χ3n) is 4.62. The fraction of sp³-hybridized carbons (Fsp3) is 0.600. The van der Waals surface area contributed by atoms with Crippen LogP contribution in [0.25, 0.3) is 0 Å². The average molecular weight is 345 g/mol. The number of benzene rings is 1. The first kappa shape index (κ1) is 19.3. The number of nitrogens with one attached hydrogen (secondary N) is 1. The van der Waals surface area contributed by atoms with Crippen molar-refractivity contribution in [3.05, 3.63) is 35.4 Å². The van der Waals surface area contributed by atoms with Crippen LogP contribution in [0.15, 0.2) is 24.3 Å². The first-order valence-corrected chi connectivity index (χ1v) is 9.56. The Morgan fingerprint density at radius 3 is 2.32 bits per heavy atom. The molecule has 1 N–H and O–H groups in total. The summed E-state index contributed by atoms with van der Waals surface area (Å²) in [6, 6.07) is 7.97. The number of carbonyl (C=O) groups excluding carboxylic acids is 2. The van der Waals surface area contributed by atoms with Gasteiger partial charge < -0.3 is 15.1 Å². The fourth-order valence-electron chi connectivity index (χ4n) is 3.04. The molecular formula is C20H31N3O2. The maximum absolute atomic E-state index is 12.7. The molecule has 1 heterocycles. The van der Waals surface area contributed by atoms with Crippen molar-refractivity contribution < 1.29 is 9.59 Å². The highest BCUT2D eigenvalue weighted by Crippen LogP contribution is 2.12. The monoisotopic (exact) mass is 345 g/mol. The Bertz CT molecular complexity index is 557. The van der Waals surface area contributed by atoms with Crippen LogP contribution < -0.4 is 5.32 Å². The normalized spacial score (nSPS) is 15.0. The van der Waals surface area contributed by atoms with Gasteiger partial charge in [0, 0.05) is 38.3 Å². The lowest BCUT2D eigenvalue weighted by atomic mass is 10.1. The number of aryl methyl sites for hydroxylation is 1. The molecule has 0 radical (unpaired) electrons. The largest absolute Gasteiger partial charge is 0.338 e. The lowest BCUT2D eigenvalue weighted by Crippen LogP contribution is -2.42. The summed E-state index contributed by atoms with van der Waals surface area (Å²) in [6.45, 7) is 7.51. The highest BCUT2D eigenvalue weighted by molar-refractivity contribution is 5.94. The smallest absolute Gasteiger partial charge is 0.317 e. The molecule has 1 aromatic carbocycles.